The first kappa shape index (κ1) is 14.8. The Morgan fingerprint density at radius 1 is 1.26 bits per heavy atom. The zero-order valence-corrected chi connectivity index (χ0v) is 12.9. The number of methoxy groups -OCH3 is 1. The monoisotopic (exact) mass is 296 g/mol. The van der Waals surface area contributed by atoms with Crippen molar-refractivity contribution >= 4 is 29.5 Å². The van der Waals surface area contributed by atoms with E-state index in [1.807, 2.05) is 29.6 Å². The van der Waals surface area contributed by atoms with Crippen molar-refractivity contribution in [1.82, 2.24) is 0 Å². The summed E-state index contributed by atoms with van der Waals surface area (Å²) in [6.07, 6.45) is 2.96. The standard InChI is InChI=1S/C15H20O2S2/c1-17-14(16)11-15(7-8-15)12-18-9-10-19-13-5-3-2-4-6-13/h2-6H,7-12H2,1H3. The van der Waals surface area contributed by atoms with Crippen LogP contribution in [0.5, 0.6) is 0 Å². The van der Waals surface area contributed by atoms with Gasteiger partial charge in [-0.25, -0.2) is 0 Å². The van der Waals surface area contributed by atoms with E-state index in [0.29, 0.717) is 6.42 Å². The van der Waals surface area contributed by atoms with E-state index in [1.165, 1.54) is 24.8 Å². The molecule has 1 aliphatic carbocycles. The van der Waals surface area contributed by atoms with Gasteiger partial charge in [0.2, 0.25) is 0 Å². The van der Waals surface area contributed by atoms with Crippen molar-refractivity contribution in [2.24, 2.45) is 5.41 Å². The Balaban J connectivity index is 1.58. The fraction of sp³-hybridized carbons (Fsp3) is 0.533. The van der Waals surface area contributed by atoms with Gasteiger partial charge in [-0.1, -0.05) is 18.2 Å². The van der Waals surface area contributed by atoms with Gasteiger partial charge in [0, 0.05) is 16.4 Å². The lowest BCUT2D eigenvalue weighted by atomic mass is 10.1. The maximum absolute atomic E-state index is 11.3. The fourth-order valence-corrected chi connectivity index (χ4v) is 4.31. The highest BCUT2D eigenvalue weighted by Crippen LogP contribution is 2.51. The maximum Gasteiger partial charge on any atom is 0.306 e. The van der Waals surface area contributed by atoms with Gasteiger partial charge in [0.05, 0.1) is 13.5 Å². The van der Waals surface area contributed by atoms with Crippen LogP contribution in [0.15, 0.2) is 35.2 Å². The molecule has 0 unspecified atom stereocenters. The summed E-state index contributed by atoms with van der Waals surface area (Å²) in [5, 5.41) is 0. The molecule has 1 saturated carbocycles. The Kier molecular flexibility index (Phi) is 5.64. The molecule has 0 saturated heterocycles. The Bertz CT molecular complexity index is 402. The molecule has 0 heterocycles. The van der Waals surface area contributed by atoms with Crippen molar-refractivity contribution in [2.45, 2.75) is 24.2 Å². The summed E-state index contributed by atoms with van der Waals surface area (Å²) in [6, 6.07) is 10.5. The number of carbonyl (C=O) groups excluding carboxylic acids is 1. The highest BCUT2D eigenvalue weighted by atomic mass is 32.2. The van der Waals surface area contributed by atoms with Gasteiger partial charge in [-0.2, -0.15) is 11.8 Å². The minimum absolute atomic E-state index is 0.0586. The zero-order chi connectivity index (χ0) is 13.6. The van der Waals surface area contributed by atoms with Gasteiger partial charge in [-0.15, -0.1) is 11.8 Å². The molecular weight excluding hydrogens is 276 g/mol. The van der Waals surface area contributed by atoms with Crippen LogP contribution in [-0.4, -0.2) is 30.3 Å². The fourth-order valence-electron chi connectivity index (χ4n) is 1.95. The van der Waals surface area contributed by atoms with Crippen molar-refractivity contribution in [3.63, 3.8) is 0 Å². The van der Waals surface area contributed by atoms with Crippen LogP contribution in [-0.2, 0) is 9.53 Å². The number of benzene rings is 1. The molecule has 2 nitrogen and oxygen atoms in total. The summed E-state index contributed by atoms with van der Waals surface area (Å²) in [4.78, 5) is 12.6. The van der Waals surface area contributed by atoms with Crippen LogP contribution in [0.2, 0.25) is 0 Å². The van der Waals surface area contributed by atoms with Crippen molar-refractivity contribution in [2.75, 3.05) is 24.4 Å². The molecule has 19 heavy (non-hydrogen) atoms. The number of hydrogen-bond acceptors (Lipinski definition) is 4. The minimum atomic E-state index is -0.0586. The molecular formula is C15H20O2S2. The van der Waals surface area contributed by atoms with Gasteiger partial charge in [-0.3, -0.25) is 4.79 Å². The summed E-state index contributed by atoms with van der Waals surface area (Å²) >= 11 is 3.86. The molecule has 2 rings (SSSR count). The van der Waals surface area contributed by atoms with Crippen LogP contribution in [0.3, 0.4) is 0 Å². The Hall–Kier alpha value is -0.610. The van der Waals surface area contributed by atoms with E-state index in [1.54, 1.807) is 0 Å². The first-order valence-electron chi connectivity index (χ1n) is 6.57. The van der Waals surface area contributed by atoms with Gasteiger partial charge in [0.15, 0.2) is 0 Å². The highest BCUT2D eigenvalue weighted by Gasteiger charge is 2.44. The number of esters is 1. The summed E-state index contributed by atoms with van der Waals surface area (Å²) in [7, 11) is 1.47. The Labute approximate surface area is 123 Å². The van der Waals surface area contributed by atoms with E-state index in [2.05, 4.69) is 24.3 Å². The van der Waals surface area contributed by atoms with Crippen LogP contribution in [0.4, 0.5) is 0 Å². The van der Waals surface area contributed by atoms with E-state index in [-0.39, 0.29) is 11.4 Å². The predicted octanol–water partition coefficient (Wildman–Crippen LogP) is 3.86. The van der Waals surface area contributed by atoms with Crippen molar-refractivity contribution in [3.05, 3.63) is 30.3 Å². The van der Waals surface area contributed by atoms with Gasteiger partial charge >= 0.3 is 5.97 Å². The van der Waals surface area contributed by atoms with Crippen LogP contribution >= 0.6 is 23.5 Å². The summed E-state index contributed by atoms with van der Waals surface area (Å²) in [5.74, 6) is 3.31. The molecule has 1 aliphatic rings. The SMILES string of the molecule is COC(=O)CC1(CSCCSc2ccccc2)CC1. The summed E-state index contributed by atoms with van der Waals surface area (Å²) < 4.78 is 4.76. The molecule has 0 atom stereocenters. The normalized spacial score (nSPS) is 16.1. The lowest BCUT2D eigenvalue weighted by molar-refractivity contribution is -0.141. The molecule has 104 valence electrons. The second-order valence-corrected chi connectivity index (χ2v) is 7.24. The zero-order valence-electron chi connectivity index (χ0n) is 11.3. The van der Waals surface area contributed by atoms with Crippen LogP contribution < -0.4 is 0 Å². The largest absolute Gasteiger partial charge is 0.469 e. The molecule has 0 amide bonds. The van der Waals surface area contributed by atoms with Crippen LogP contribution in [0.1, 0.15) is 19.3 Å². The first-order chi connectivity index (χ1) is 9.24. The number of rotatable bonds is 8. The summed E-state index contributed by atoms with van der Waals surface area (Å²) in [6.45, 7) is 0. The molecule has 1 fully saturated rings. The van der Waals surface area contributed by atoms with Crippen molar-refractivity contribution in [1.29, 1.82) is 0 Å². The number of hydrogen-bond donors (Lipinski definition) is 0. The van der Waals surface area contributed by atoms with Gasteiger partial charge < -0.3 is 4.74 Å². The predicted molar refractivity (Wildman–Crippen MR) is 82.8 cm³/mol. The van der Waals surface area contributed by atoms with Gasteiger partial charge in [0.25, 0.3) is 0 Å². The lowest BCUT2D eigenvalue weighted by Crippen LogP contribution is -2.13. The van der Waals surface area contributed by atoms with E-state index < -0.39 is 0 Å². The second kappa shape index (κ2) is 7.25. The lowest BCUT2D eigenvalue weighted by Gasteiger charge is -2.12. The molecule has 4 heteroatoms. The second-order valence-electron chi connectivity index (χ2n) is 4.97. The number of carbonyl (C=O) groups is 1. The van der Waals surface area contributed by atoms with Gasteiger partial charge in [-0.05, 0) is 36.1 Å². The van der Waals surface area contributed by atoms with Gasteiger partial charge in [0.1, 0.15) is 0 Å². The third-order valence-corrected chi connectivity index (χ3v) is 5.93. The smallest absolute Gasteiger partial charge is 0.306 e. The average molecular weight is 296 g/mol. The molecule has 0 spiro atoms. The van der Waals surface area contributed by atoms with E-state index >= 15 is 0 Å². The number of ether oxygens (including phenoxy) is 1. The van der Waals surface area contributed by atoms with Crippen molar-refractivity contribution in [3.8, 4) is 0 Å². The number of thioether (sulfide) groups is 2. The van der Waals surface area contributed by atoms with Crippen molar-refractivity contribution < 1.29 is 9.53 Å². The molecule has 0 aliphatic heterocycles. The minimum Gasteiger partial charge on any atom is -0.469 e. The molecule has 0 radical (unpaired) electrons. The van der Waals surface area contributed by atoms with E-state index in [0.717, 1.165) is 17.3 Å². The Morgan fingerprint density at radius 3 is 2.63 bits per heavy atom. The van der Waals surface area contributed by atoms with Crippen LogP contribution in [0, 0.1) is 5.41 Å². The summed E-state index contributed by atoms with van der Waals surface area (Å²) in [5.41, 5.74) is 0.259. The third-order valence-electron chi connectivity index (χ3n) is 3.35. The third kappa shape index (κ3) is 5.11. The first-order valence-corrected chi connectivity index (χ1v) is 8.71. The Morgan fingerprint density at radius 2 is 2.00 bits per heavy atom. The molecule has 1 aromatic carbocycles. The van der Waals surface area contributed by atoms with E-state index in [4.69, 9.17) is 4.74 Å². The molecule has 0 aromatic heterocycles. The molecule has 1 aromatic rings. The highest BCUT2D eigenvalue weighted by molar-refractivity contribution is 8.03. The van der Waals surface area contributed by atoms with Crippen LogP contribution in [0.25, 0.3) is 0 Å². The van der Waals surface area contributed by atoms with E-state index in [9.17, 15) is 4.79 Å². The maximum atomic E-state index is 11.3. The quantitative estimate of drug-likeness (QED) is 0.413. The molecule has 0 N–H and O–H groups in total. The average Bonchev–Trinajstić information content (AvgIpc) is 3.19. The molecule has 0 bridgehead atoms. The topological polar surface area (TPSA) is 26.3 Å².